The SMILES string of the molecule is CC1c2cc3c4c(COc5ccc(-c6cn(Cc7ccccc7)nn6)cc5)c2OCOc2c1cc1c(c2COc2ccc(-c5cn(Cc6ccccc6)nn5)cc2)OCOc2c(cc5c(c2COc2ccc(-c6cn(Cc7ccccc7)nn6)cc2)OCOc2c(cc(c(c2COc2ccc(-c6cn(Cc7ccccc7)nn6)cc2)OCO4)C3C)C5C)C1C. The number of hydrogen-bond donors (Lipinski definition) is 0. The van der Waals surface area contributed by atoms with Gasteiger partial charge in [0.1, 0.15) is 118 Å². The molecule has 8 bridgehead atoms. The number of rotatable bonds is 24. The summed E-state index contributed by atoms with van der Waals surface area (Å²) in [7, 11) is 0. The summed E-state index contributed by atoms with van der Waals surface area (Å²) in [5.41, 5.74) is 20.5. The average molecular weight is 1650 g/mol. The van der Waals surface area contributed by atoms with Crippen molar-refractivity contribution in [3.63, 3.8) is 0 Å². The summed E-state index contributed by atoms with van der Waals surface area (Å²) in [5.74, 6) is 5.00. The van der Waals surface area contributed by atoms with Crippen molar-refractivity contribution in [3.05, 3.63) is 356 Å². The molecule has 24 nitrogen and oxygen atoms in total. The van der Waals surface area contributed by atoms with Gasteiger partial charge in [0.25, 0.3) is 0 Å². The van der Waals surface area contributed by atoms with Gasteiger partial charge in [0.2, 0.25) is 27.2 Å². The molecule has 12 aromatic carbocycles. The Hall–Kier alpha value is -15.2. The van der Waals surface area contributed by atoms with E-state index in [1.807, 2.05) is 213 Å². The zero-order chi connectivity index (χ0) is 83.1. The van der Waals surface area contributed by atoms with Gasteiger partial charge >= 0.3 is 0 Å². The lowest BCUT2D eigenvalue weighted by Gasteiger charge is -2.36. The average Bonchev–Trinajstić information content (AvgIpc) is 1.15. The third-order valence-corrected chi connectivity index (χ3v) is 23.9. The fraction of sp³-hybridized carbons (Fsp3) is 0.200. The lowest BCUT2D eigenvalue weighted by Crippen LogP contribution is -2.25. The van der Waals surface area contributed by atoms with E-state index in [-0.39, 0.29) is 53.6 Å². The Morgan fingerprint density at radius 1 is 0.250 bits per heavy atom. The summed E-state index contributed by atoms with van der Waals surface area (Å²) in [5, 5.41) is 36.1. The summed E-state index contributed by atoms with van der Waals surface area (Å²) in [6.45, 7) is 10.3. The second kappa shape index (κ2) is 33.1. The van der Waals surface area contributed by atoms with E-state index in [1.54, 1.807) is 0 Å². The molecule has 124 heavy (non-hydrogen) atoms. The van der Waals surface area contributed by atoms with Crippen LogP contribution < -0.4 is 56.8 Å². The van der Waals surface area contributed by atoms with E-state index in [2.05, 4.69) is 142 Å². The third-order valence-electron chi connectivity index (χ3n) is 23.9. The van der Waals surface area contributed by atoms with E-state index >= 15 is 0 Å². The molecule has 5 aliphatic rings. The molecule has 16 aromatic rings. The summed E-state index contributed by atoms with van der Waals surface area (Å²) >= 11 is 0. The molecular formula is C100H84N12O12. The van der Waals surface area contributed by atoms with Crippen LogP contribution >= 0.6 is 0 Å². The Bertz CT molecular complexity index is 5670. The third kappa shape index (κ3) is 15.2. The summed E-state index contributed by atoms with van der Waals surface area (Å²) in [4.78, 5) is 0. The smallest absolute Gasteiger partial charge is 0.230 e. The first kappa shape index (κ1) is 76.2. The van der Waals surface area contributed by atoms with Gasteiger partial charge in [-0.15, -0.1) is 20.4 Å². The van der Waals surface area contributed by atoms with E-state index in [0.29, 0.717) is 117 Å². The van der Waals surface area contributed by atoms with Crippen LogP contribution in [-0.4, -0.2) is 87.1 Å². The second-order valence-corrected chi connectivity index (χ2v) is 31.7. The van der Waals surface area contributed by atoms with Crippen molar-refractivity contribution in [2.75, 3.05) is 27.2 Å². The number of aromatic nitrogens is 12. The Morgan fingerprint density at radius 3 is 0.621 bits per heavy atom. The highest BCUT2D eigenvalue weighted by Crippen LogP contribution is 2.57. The van der Waals surface area contributed by atoms with Gasteiger partial charge in [0.05, 0.1) is 73.2 Å². The van der Waals surface area contributed by atoms with Crippen molar-refractivity contribution < 1.29 is 56.8 Å². The van der Waals surface area contributed by atoms with Gasteiger partial charge in [-0.3, -0.25) is 0 Å². The fourth-order valence-corrected chi connectivity index (χ4v) is 17.3. The first-order valence-corrected chi connectivity index (χ1v) is 41.5. The minimum absolute atomic E-state index is 0.0202. The standard InChI is InChI=1S/C100H84N12O12/c1-61-77-41-79-62(2)81-43-83-64(4)84-44-82-63(3)80-42-78(61)94-86(54-114-74-35-27-70(28-36-74)90-50-110(106-102-90)46-66-19-11-6-12-20-66)96(80)120-59-122-98(82)88(56-116-76-39-31-72(32-40-76)92-52-112(108-104-92)48-68-23-15-8-16-24-68)100(84)124-60-123-99(83)87(55-115-75-37-29-71(30-38-75)91-51-111(107-103-91)47-67-21-13-7-14-22-67)97(81)121-58-119-95(79)85(93(77)117-57-118-94)53-113-73-33-25-69(26-34-73)89-49-109(105-101-89)45-65-17-9-5-10-18-65/h5-44,49-52,61-64H,45-48,53-60H2,1-4H3. The van der Waals surface area contributed by atoms with Crippen molar-refractivity contribution in [2.24, 2.45) is 0 Å². The van der Waals surface area contributed by atoms with Gasteiger partial charge in [-0.1, -0.05) is 170 Å². The predicted molar refractivity (Wildman–Crippen MR) is 462 cm³/mol. The Balaban J connectivity index is 0.691. The molecule has 0 N–H and O–H groups in total. The van der Waals surface area contributed by atoms with Gasteiger partial charge in [-0.25, -0.2) is 18.7 Å². The first-order chi connectivity index (χ1) is 61.0. The van der Waals surface area contributed by atoms with E-state index in [0.717, 1.165) is 112 Å². The molecule has 0 unspecified atom stereocenters. The summed E-state index contributed by atoms with van der Waals surface area (Å²) < 4.78 is 92.3. The second-order valence-electron chi connectivity index (χ2n) is 31.7. The van der Waals surface area contributed by atoms with E-state index in [1.165, 1.54) is 0 Å². The van der Waals surface area contributed by atoms with E-state index in [4.69, 9.17) is 56.8 Å². The van der Waals surface area contributed by atoms with Gasteiger partial charge in [0.15, 0.2) is 0 Å². The Labute approximate surface area is 714 Å². The van der Waals surface area contributed by atoms with E-state index < -0.39 is 23.7 Å². The minimum Gasteiger partial charge on any atom is -0.489 e. The maximum atomic E-state index is 7.12. The van der Waals surface area contributed by atoms with Gasteiger partial charge in [-0.05, 0) is 144 Å². The molecule has 0 fully saturated rings. The first-order valence-electron chi connectivity index (χ1n) is 41.5. The number of hydrogen-bond acceptors (Lipinski definition) is 20. The maximum absolute atomic E-state index is 7.12. The molecular weight excluding hydrogens is 1560 g/mol. The van der Waals surface area contributed by atoms with Crippen LogP contribution in [0.1, 0.15) is 140 Å². The van der Waals surface area contributed by atoms with Crippen LogP contribution in [-0.2, 0) is 52.6 Å². The van der Waals surface area contributed by atoms with Crippen molar-refractivity contribution in [1.82, 2.24) is 60.0 Å². The molecule has 1 aliphatic carbocycles. The van der Waals surface area contributed by atoms with E-state index in [9.17, 15) is 0 Å². The molecule has 0 saturated heterocycles. The Kier molecular flexibility index (Phi) is 20.3. The molecule has 0 spiro atoms. The van der Waals surface area contributed by atoms with Crippen molar-refractivity contribution in [3.8, 4) is 114 Å². The van der Waals surface area contributed by atoms with Gasteiger partial charge < -0.3 is 56.8 Å². The normalized spacial score (nSPS) is 15.6. The summed E-state index contributed by atoms with van der Waals surface area (Å²) in [6.07, 6.45) is 7.81. The fourth-order valence-electron chi connectivity index (χ4n) is 17.3. The molecule has 4 aromatic heterocycles. The summed E-state index contributed by atoms with van der Waals surface area (Å²) in [6, 6.07) is 81.3. The van der Waals surface area contributed by atoms with Crippen LogP contribution in [0.15, 0.2) is 267 Å². The monoisotopic (exact) mass is 1640 g/mol. The molecule has 21 rings (SSSR count). The quantitative estimate of drug-likeness (QED) is 0.0547. The van der Waals surface area contributed by atoms with Crippen molar-refractivity contribution >= 4 is 0 Å². The van der Waals surface area contributed by atoms with Crippen molar-refractivity contribution in [1.29, 1.82) is 0 Å². The highest BCUT2D eigenvalue weighted by molar-refractivity contribution is 5.71. The van der Waals surface area contributed by atoms with Crippen LogP contribution in [0.25, 0.3) is 45.0 Å². The predicted octanol–water partition coefficient (Wildman–Crippen LogP) is 19.1. The lowest BCUT2D eigenvalue weighted by molar-refractivity contribution is 0.0902. The molecule has 0 radical (unpaired) electrons. The highest BCUT2D eigenvalue weighted by atomic mass is 16.7. The van der Waals surface area contributed by atoms with Crippen LogP contribution in [0, 0.1) is 0 Å². The van der Waals surface area contributed by atoms with Crippen LogP contribution in [0.5, 0.6) is 69.0 Å². The lowest BCUT2D eigenvalue weighted by atomic mass is 9.78. The minimum atomic E-state index is -0.450. The molecule has 0 saturated carbocycles. The van der Waals surface area contributed by atoms with Gasteiger partial charge in [0, 0.05) is 90.4 Å². The highest BCUT2D eigenvalue weighted by Gasteiger charge is 2.40. The zero-order valence-corrected chi connectivity index (χ0v) is 68.5. The molecule has 24 heteroatoms. The van der Waals surface area contributed by atoms with Crippen LogP contribution in [0.2, 0.25) is 0 Å². The molecule has 8 heterocycles. The van der Waals surface area contributed by atoms with Gasteiger partial charge in [-0.2, -0.15) is 0 Å². The zero-order valence-electron chi connectivity index (χ0n) is 68.5. The number of nitrogens with zero attached hydrogens (tertiary/aromatic N) is 12. The number of ether oxygens (including phenoxy) is 12. The Morgan fingerprint density at radius 2 is 0.435 bits per heavy atom. The van der Waals surface area contributed by atoms with Crippen molar-refractivity contribution in [2.45, 2.75) is 104 Å². The molecule has 616 valence electrons. The van der Waals surface area contributed by atoms with Crippen LogP contribution in [0.3, 0.4) is 0 Å². The van der Waals surface area contributed by atoms with Crippen LogP contribution in [0.4, 0.5) is 0 Å². The maximum Gasteiger partial charge on any atom is 0.230 e. The number of benzene rings is 12. The molecule has 0 atom stereocenters. The largest absolute Gasteiger partial charge is 0.489 e. The molecule has 0 amide bonds. The topological polar surface area (TPSA) is 234 Å². The molecule has 4 aliphatic heterocycles.